The van der Waals surface area contributed by atoms with Crippen LogP contribution in [0.4, 0.5) is 0 Å². The van der Waals surface area contributed by atoms with Crippen LogP contribution in [0.25, 0.3) is 11.2 Å². The molecule has 25 heavy (non-hydrogen) atoms. The molecule has 2 aromatic heterocycles. The first-order chi connectivity index (χ1) is 11.9. The molecule has 0 radical (unpaired) electrons. The minimum absolute atomic E-state index is 0.0487. The molecule has 4 atom stereocenters. The fourth-order valence-electron chi connectivity index (χ4n) is 3.27. The van der Waals surface area contributed by atoms with Gasteiger partial charge in [0.25, 0.3) is 5.56 Å². The summed E-state index contributed by atoms with van der Waals surface area (Å²) in [4.78, 5) is 33.8. The third-order valence-corrected chi connectivity index (χ3v) is 4.22. The number of carbonyl (C=O) groups excluding carboxylic acids is 1. The van der Waals surface area contributed by atoms with Crippen LogP contribution in [0.15, 0.2) is 17.4 Å². The molecule has 0 spiro atoms. The van der Waals surface area contributed by atoms with Crippen LogP contribution in [0, 0.1) is 0 Å². The number of rotatable bonds is 3. The highest BCUT2D eigenvalue weighted by molar-refractivity contribution is 5.69. The Balaban J connectivity index is 1.70. The minimum Gasteiger partial charge on any atom is -0.463 e. The zero-order valence-electron chi connectivity index (χ0n) is 14.0. The van der Waals surface area contributed by atoms with Gasteiger partial charge in [0, 0.05) is 6.92 Å². The molecule has 2 fully saturated rings. The summed E-state index contributed by atoms with van der Waals surface area (Å²) in [5.74, 6) is -1.20. The van der Waals surface area contributed by atoms with Gasteiger partial charge in [0.1, 0.15) is 24.9 Å². The van der Waals surface area contributed by atoms with Crippen LogP contribution >= 0.6 is 0 Å². The first kappa shape index (κ1) is 16.2. The van der Waals surface area contributed by atoms with E-state index >= 15 is 0 Å². The van der Waals surface area contributed by atoms with Gasteiger partial charge in [-0.15, -0.1) is 0 Å². The Morgan fingerprint density at radius 3 is 2.88 bits per heavy atom. The Morgan fingerprint density at radius 2 is 2.12 bits per heavy atom. The topological polar surface area (TPSA) is 118 Å². The van der Waals surface area contributed by atoms with Crippen LogP contribution in [0.1, 0.15) is 27.0 Å². The van der Waals surface area contributed by atoms with Gasteiger partial charge in [-0.2, -0.15) is 0 Å². The van der Waals surface area contributed by atoms with Crippen molar-refractivity contribution in [2.75, 3.05) is 6.61 Å². The summed E-state index contributed by atoms with van der Waals surface area (Å²) in [5.41, 5.74) is 0.261. The van der Waals surface area contributed by atoms with Crippen LogP contribution < -0.4 is 5.56 Å². The number of ether oxygens (including phenoxy) is 4. The van der Waals surface area contributed by atoms with Gasteiger partial charge < -0.3 is 23.9 Å². The number of aromatic amines is 1. The lowest BCUT2D eigenvalue weighted by Gasteiger charge is -2.24. The lowest BCUT2D eigenvalue weighted by atomic mass is 10.1. The molecule has 10 heteroatoms. The van der Waals surface area contributed by atoms with Crippen LogP contribution in [0.5, 0.6) is 0 Å². The summed E-state index contributed by atoms with van der Waals surface area (Å²) in [6.07, 6.45) is 0.818. The molecular weight excluding hydrogens is 332 g/mol. The molecule has 134 valence electrons. The SMILES string of the molecule is CC(=O)OC[C@H]1O[C@@H](n2cnc3c(=O)[nH]cnc32)[C@@H]2OC(C)(C)O[C@@H]21. The maximum Gasteiger partial charge on any atom is 0.302 e. The smallest absolute Gasteiger partial charge is 0.302 e. The molecule has 4 heterocycles. The predicted molar refractivity (Wildman–Crippen MR) is 82.5 cm³/mol. The molecule has 1 N–H and O–H groups in total. The number of fused-ring (bicyclic) bond motifs is 2. The monoisotopic (exact) mass is 350 g/mol. The highest BCUT2D eigenvalue weighted by Gasteiger charge is 2.56. The number of nitrogens with zero attached hydrogens (tertiary/aromatic N) is 3. The van der Waals surface area contributed by atoms with Gasteiger partial charge in [-0.1, -0.05) is 0 Å². The van der Waals surface area contributed by atoms with E-state index in [4.69, 9.17) is 18.9 Å². The molecule has 10 nitrogen and oxygen atoms in total. The first-order valence-electron chi connectivity index (χ1n) is 7.90. The van der Waals surface area contributed by atoms with Gasteiger partial charge in [0.15, 0.2) is 23.2 Å². The number of hydrogen-bond acceptors (Lipinski definition) is 8. The quantitative estimate of drug-likeness (QED) is 0.775. The third-order valence-electron chi connectivity index (χ3n) is 4.22. The lowest BCUT2D eigenvalue weighted by molar-refractivity contribution is -0.201. The van der Waals surface area contributed by atoms with Crippen LogP contribution in [-0.2, 0) is 23.7 Å². The minimum atomic E-state index is -0.798. The predicted octanol–water partition coefficient (Wildman–Crippen LogP) is 0.100. The van der Waals surface area contributed by atoms with E-state index in [0.717, 1.165) is 0 Å². The standard InChI is InChI=1S/C15H18N4O6/c1-7(20)22-4-8-10-11(25-15(2,3)24-10)14(23-8)19-6-18-9-12(19)16-5-17-13(9)21/h5-6,8,10-11,14H,4H2,1-3H3,(H,16,17,21)/t8-,10-,11-,14-/m1/s1. The maximum atomic E-state index is 11.9. The Hall–Kier alpha value is -2.30. The summed E-state index contributed by atoms with van der Waals surface area (Å²) >= 11 is 0. The van der Waals surface area contributed by atoms with Crippen molar-refractivity contribution in [2.45, 2.75) is 51.1 Å². The number of hydrogen-bond donors (Lipinski definition) is 1. The molecular formula is C15H18N4O6. The largest absolute Gasteiger partial charge is 0.463 e. The molecule has 2 aromatic rings. The van der Waals surface area contributed by atoms with Gasteiger partial charge >= 0.3 is 5.97 Å². The van der Waals surface area contributed by atoms with E-state index in [2.05, 4.69) is 15.0 Å². The zero-order valence-corrected chi connectivity index (χ0v) is 14.0. The summed E-state index contributed by atoms with van der Waals surface area (Å²) in [5, 5.41) is 0. The molecule has 4 rings (SSSR count). The number of H-pyrrole nitrogens is 1. The van der Waals surface area contributed by atoms with Gasteiger partial charge in [0.05, 0.1) is 12.7 Å². The van der Waals surface area contributed by atoms with Gasteiger partial charge in [0.2, 0.25) is 0 Å². The molecule has 0 unspecified atom stereocenters. The lowest BCUT2D eigenvalue weighted by Crippen LogP contribution is -2.33. The van der Waals surface area contributed by atoms with Crippen molar-refractivity contribution in [1.29, 1.82) is 0 Å². The Morgan fingerprint density at radius 1 is 1.36 bits per heavy atom. The van der Waals surface area contributed by atoms with Crippen LogP contribution in [-0.4, -0.2) is 56.2 Å². The fraction of sp³-hybridized carbons (Fsp3) is 0.600. The third kappa shape index (κ3) is 2.71. The second-order valence-corrected chi connectivity index (χ2v) is 6.49. The van der Waals surface area contributed by atoms with Crippen LogP contribution in [0.2, 0.25) is 0 Å². The molecule has 0 aromatic carbocycles. The molecule has 0 bridgehead atoms. The van der Waals surface area contributed by atoms with Crippen molar-refractivity contribution in [3.8, 4) is 0 Å². The molecule has 2 saturated heterocycles. The van der Waals surface area contributed by atoms with Gasteiger partial charge in [-0.25, -0.2) is 9.97 Å². The second kappa shape index (κ2) is 5.61. The van der Waals surface area contributed by atoms with Crippen molar-refractivity contribution in [1.82, 2.24) is 19.5 Å². The van der Waals surface area contributed by atoms with Crippen molar-refractivity contribution < 1.29 is 23.7 Å². The maximum absolute atomic E-state index is 11.9. The number of esters is 1. The van der Waals surface area contributed by atoms with E-state index in [1.54, 1.807) is 18.4 Å². The van der Waals surface area contributed by atoms with Crippen molar-refractivity contribution >= 4 is 17.1 Å². The van der Waals surface area contributed by atoms with Crippen molar-refractivity contribution in [3.05, 3.63) is 23.0 Å². The van der Waals surface area contributed by atoms with Gasteiger partial charge in [-0.3, -0.25) is 14.2 Å². The average Bonchev–Trinajstić information content (AvgIpc) is 3.17. The zero-order chi connectivity index (χ0) is 17.8. The van der Waals surface area contributed by atoms with E-state index < -0.39 is 36.3 Å². The normalized spacial score (nSPS) is 30.5. The number of carbonyl (C=O) groups is 1. The molecule has 2 aliphatic heterocycles. The van der Waals surface area contributed by atoms with Gasteiger partial charge in [-0.05, 0) is 13.8 Å². The molecule has 0 saturated carbocycles. The summed E-state index contributed by atoms with van der Waals surface area (Å²) in [6.45, 7) is 4.99. The number of aromatic nitrogens is 4. The van der Waals surface area contributed by atoms with E-state index in [-0.39, 0.29) is 17.7 Å². The summed E-state index contributed by atoms with van der Waals surface area (Å²) < 4.78 is 24.6. The first-order valence-corrected chi connectivity index (χ1v) is 7.90. The number of imidazole rings is 1. The summed E-state index contributed by atoms with van der Waals surface area (Å²) in [6, 6.07) is 0. The van der Waals surface area contributed by atoms with Crippen molar-refractivity contribution in [2.24, 2.45) is 0 Å². The Labute approximate surface area is 142 Å². The fourth-order valence-corrected chi connectivity index (χ4v) is 3.27. The van der Waals surface area contributed by atoms with Crippen LogP contribution in [0.3, 0.4) is 0 Å². The Kier molecular flexibility index (Phi) is 3.63. The summed E-state index contributed by atoms with van der Waals surface area (Å²) in [7, 11) is 0. The molecule has 0 amide bonds. The molecule has 2 aliphatic rings. The Bertz CT molecular complexity index is 874. The average molecular weight is 350 g/mol. The van der Waals surface area contributed by atoms with E-state index in [1.165, 1.54) is 19.6 Å². The van der Waals surface area contributed by atoms with E-state index in [0.29, 0.717) is 5.65 Å². The molecule has 0 aliphatic carbocycles. The van der Waals surface area contributed by atoms with E-state index in [9.17, 15) is 9.59 Å². The number of nitrogens with one attached hydrogen (secondary N) is 1. The highest BCUT2D eigenvalue weighted by atomic mass is 16.8. The second-order valence-electron chi connectivity index (χ2n) is 6.49. The highest BCUT2D eigenvalue weighted by Crippen LogP contribution is 2.43. The van der Waals surface area contributed by atoms with Crippen molar-refractivity contribution in [3.63, 3.8) is 0 Å². The van der Waals surface area contributed by atoms with E-state index in [1.807, 2.05) is 0 Å².